The summed E-state index contributed by atoms with van der Waals surface area (Å²) in [5, 5.41) is 6.52. The van der Waals surface area contributed by atoms with Crippen LogP contribution in [0.3, 0.4) is 0 Å². The van der Waals surface area contributed by atoms with Crippen LogP contribution in [0.1, 0.15) is 30.4 Å². The van der Waals surface area contributed by atoms with E-state index in [1.54, 1.807) is 18.2 Å². The molecule has 8 heteroatoms. The first-order chi connectivity index (χ1) is 13.8. The molecule has 0 saturated carbocycles. The molecule has 1 heterocycles. The Hall–Kier alpha value is -2.16. The number of methoxy groups -OCH3 is 1. The fourth-order valence-electron chi connectivity index (χ4n) is 3.52. The topological polar surface area (TPSA) is 70.7 Å². The van der Waals surface area contributed by atoms with Crippen LogP contribution >= 0.6 is 12.2 Å². The van der Waals surface area contributed by atoms with Crippen molar-refractivity contribution in [1.29, 1.82) is 0 Å². The SMILES string of the molecule is COc1ccc(NC(=S)Nc2cc(C)cc(C)c2)c(S(=O)(=O)N2CCCCC2)c1. The van der Waals surface area contributed by atoms with Crippen molar-refractivity contribution in [2.75, 3.05) is 30.8 Å². The first-order valence-electron chi connectivity index (χ1n) is 9.64. The van der Waals surface area contributed by atoms with E-state index in [9.17, 15) is 8.42 Å². The van der Waals surface area contributed by atoms with Crippen molar-refractivity contribution in [3.63, 3.8) is 0 Å². The predicted octanol–water partition coefficient (Wildman–Crippen LogP) is 4.30. The van der Waals surface area contributed by atoms with Crippen LogP contribution in [-0.2, 0) is 10.0 Å². The number of thiocarbonyl (C=S) groups is 1. The zero-order valence-corrected chi connectivity index (χ0v) is 18.6. The number of nitrogens with one attached hydrogen (secondary N) is 2. The summed E-state index contributed by atoms with van der Waals surface area (Å²) in [5.41, 5.74) is 3.52. The summed E-state index contributed by atoms with van der Waals surface area (Å²) in [5.74, 6) is 0.485. The van der Waals surface area contributed by atoms with Gasteiger partial charge in [-0.05, 0) is 74.3 Å². The molecule has 0 amide bonds. The highest BCUT2D eigenvalue weighted by Crippen LogP contribution is 2.30. The van der Waals surface area contributed by atoms with Gasteiger partial charge in [0.25, 0.3) is 0 Å². The maximum absolute atomic E-state index is 13.3. The van der Waals surface area contributed by atoms with Crippen molar-refractivity contribution >= 4 is 38.7 Å². The van der Waals surface area contributed by atoms with Crippen molar-refractivity contribution in [2.24, 2.45) is 0 Å². The van der Waals surface area contributed by atoms with Gasteiger partial charge in [0.2, 0.25) is 10.0 Å². The zero-order chi connectivity index (χ0) is 21.0. The second kappa shape index (κ2) is 9.11. The van der Waals surface area contributed by atoms with Crippen molar-refractivity contribution in [1.82, 2.24) is 4.31 Å². The lowest BCUT2D eigenvalue weighted by Gasteiger charge is -2.27. The molecule has 1 aliphatic rings. The van der Waals surface area contributed by atoms with Gasteiger partial charge in [-0.3, -0.25) is 0 Å². The molecule has 1 fully saturated rings. The van der Waals surface area contributed by atoms with Crippen molar-refractivity contribution in [2.45, 2.75) is 38.0 Å². The Morgan fingerprint density at radius 3 is 2.28 bits per heavy atom. The molecular weight excluding hydrogens is 406 g/mol. The number of aryl methyl sites for hydroxylation is 2. The Morgan fingerprint density at radius 2 is 1.66 bits per heavy atom. The van der Waals surface area contributed by atoms with E-state index < -0.39 is 10.0 Å². The van der Waals surface area contributed by atoms with Gasteiger partial charge < -0.3 is 15.4 Å². The van der Waals surface area contributed by atoms with Gasteiger partial charge in [-0.2, -0.15) is 4.31 Å². The quantitative estimate of drug-likeness (QED) is 0.686. The van der Waals surface area contributed by atoms with Crippen LogP contribution in [0.2, 0.25) is 0 Å². The molecule has 0 atom stereocenters. The Bertz CT molecular complexity index is 980. The normalized spacial score (nSPS) is 15.0. The van der Waals surface area contributed by atoms with Crippen molar-refractivity contribution in [3.05, 3.63) is 47.5 Å². The Labute approximate surface area is 178 Å². The smallest absolute Gasteiger partial charge is 0.245 e. The van der Waals surface area contributed by atoms with E-state index in [0.717, 1.165) is 36.1 Å². The van der Waals surface area contributed by atoms with Gasteiger partial charge in [0.05, 0.1) is 12.8 Å². The van der Waals surface area contributed by atoms with Crippen LogP contribution in [0.5, 0.6) is 5.75 Å². The molecule has 2 aromatic carbocycles. The second-order valence-corrected chi connectivity index (χ2v) is 9.60. The van der Waals surface area contributed by atoms with Crippen LogP contribution in [0.15, 0.2) is 41.3 Å². The summed E-state index contributed by atoms with van der Waals surface area (Å²) in [7, 11) is -2.13. The molecule has 0 spiro atoms. The van der Waals surface area contributed by atoms with Crippen LogP contribution < -0.4 is 15.4 Å². The highest BCUT2D eigenvalue weighted by Gasteiger charge is 2.29. The fraction of sp³-hybridized carbons (Fsp3) is 0.381. The lowest BCUT2D eigenvalue weighted by molar-refractivity contribution is 0.346. The lowest BCUT2D eigenvalue weighted by atomic mass is 10.1. The Balaban J connectivity index is 1.87. The second-order valence-electron chi connectivity index (χ2n) is 7.28. The number of anilines is 2. The molecule has 6 nitrogen and oxygen atoms in total. The molecule has 0 bridgehead atoms. The number of rotatable bonds is 5. The average Bonchev–Trinajstić information content (AvgIpc) is 2.68. The molecule has 2 aromatic rings. The van der Waals surface area contributed by atoms with E-state index >= 15 is 0 Å². The maximum Gasteiger partial charge on any atom is 0.245 e. The van der Waals surface area contributed by atoms with Gasteiger partial charge in [-0.15, -0.1) is 0 Å². The number of nitrogens with zero attached hydrogens (tertiary/aromatic N) is 1. The third-order valence-electron chi connectivity index (χ3n) is 4.85. The Morgan fingerprint density at radius 1 is 1.00 bits per heavy atom. The molecule has 0 aliphatic carbocycles. The summed E-state index contributed by atoms with van der Waals surface area (Å²) < 4.78 is 33.3. The van der Waals surface area contributed by atoms with Gasteiger partial charge in [-0.1, -0.05) is 12.5 Å². The highest BCUT2D eigenvalue weighted by molar-refractivity contribution is 7.89. The lowest BCUT2D eigenvalue weighted by Crippen LogP contribution is -2.36. The number of piperidine rings is 1. The summed E-state index contributed by atoms with van der Waals surface area (Å²) in [6, 6.07) is 11.0. The third-order valence-corrected chi connectivity index (χ3v) is 6.99. The molecule has 156 valence electrons. The van der Waals surface area contributed by atoms with Crippen molar-refractivity contribution in [3.8, 4) is 5.75 Å². The van der Waals surface area contributed by atoms with Crippen LogP contribution in [0.4, 0.5) is 11.4 Å². The first-order valence-corrected chi connectivity index (χ1v) is 11.5. The summed E-state index contributed by atoms with van der Waals surface area (Å²) in [4.78, 5) is 0.170. The van der Waals surface area contributed by atoms with E-state index in [4.69, 9.17) is 17.0 Å². The molecule has 1 aliphatic heterocycles. The molecular formula is C21H27N3O3S2. The third kappa shape index (κ3) is 5.26. The van der Waals surface area contributed by atoms with E-state index in [1.807, 2.05) is 26.0 Å². The van der Waals surface area contributed by atoms with E-state index in [1.165, 1.54) is 11.4 Å². The van der Waals surface area contributed by atoms with E-state index in [0.29, 0.717) is 29.6 Å². The highest BCUT2D eigenvalue weighted by atomic mass is 32.2. The fourth-order valence-corrected chi connectivity index (χ4v) is 5.43. The number of hydrogen-bond donors (Lipinski definition) is 2. The molecule has 29 heavy (non-hydrogen) atoms. The maximum atomic E-state index is 13.3. The van der Waals surface area contributed by atoms with Gasteiger partial charge >= 0.3 is 0 Å². The molecule has 0 radical (unpaired) electrons. The minimum absolute atomic E-state index is 0.170. The molecule has 1 saturated heterocycles. The monoisotopic (exact) mass is 433 g/mol. The largest absolute Gasteiger partial charge is 0.497 e. The minimum atomic E-state index is -3.65. The van der Waals surface area contributed by atoms with Gasteiger partial charge in [0, 0.05) is 24.8 Å². The van der Waals surface area contributed by atoms with Gasteiger partial charge in [-0.25, -0.2) is 8.42 Å². The standard InChI is InChI=1S/C21H27N3O3S2/c1-15-11-16(2)13-17(12-15)22-21(28)23-19-8-7-18(27-3)14-20(19)29(25,26)24-9-5-4-6-10-24/h7-8,11-14H,4-6,9-10H2,1-3H3,(H2,22,23,28). The summed E-state index contributed by atoms with van der Waals surface area (Å²) in [6.45, 7) is 5.09. The number of ether oxygens (including phenoxy) is 1. The first kappa shape index (κ1) is 21.5. The predicted molar refractivity (Wildman–Crippen MR) is 121 cm³/mol. The van der Waals surface area contributed by atoms with E-state index in [-0.39, 0.29) is 4.90 Å². The van der Waals surface area contributed by atoms with Crippen LogP contribution in [0.25, 0.3) is 0 Å². The Kier molecular flexibility index (Phi) is 6.77. The molecule has 2 N–H and O–H groups in total. The molecule has 3 rings (SSSR count). The minimum Gasteiger partial charge on any atom is -0.497 e. The molecule has 0 aromatic heterocycles. The summed E-state index contributed by atoms with van der Waals surface area (Å²) >= 11 is 5.44. The number of benzene rings is 2. The average molecular weight is 434 g/mol. The van der Waals surface area contributed by atoms with Crippen LogP contribution in [-0.4, -0.2) is 38.0 Å². The number of sulfonamides is 1. The van der Waals surface area contributed by atoms with Crippen molar-refractivity contribution < 1.29 is 13.2 Å². The van der Waals surface area contributed by atoms with Gasteiger partial charge in [0.1, 0.15) is 10.6 Å². The van der Waals surface area contributed by atoms with Crippen LogP contribution in [0, 0.1) is 13.8 Å². The summed E-state index contributed by atoms with van der Waals surface area (Å²) in [6.07, 6.45) is 2.80. The zero-order valence-electron chi connectivity index (χ0n) is 17.0. The van der Waals surface area contributed by atoms with Gasteiger partial charge in [0.15, 0.2) is 5.11 Å². The number of hydrogen-bond acceptors (Lipinski definition) is 4. The van der Waals surface area contributed by atoms with E-state index in [2.05, 4.69) is 16.7 Å². The molecule has 0 unspecified atom stereocenters.